The van der Waals surface area contributed by atoms with Crippen LogP contribution in [0.3, 0.4) is 0 Å². The highest BCUT2D eigenvalue weighted by Gasteiger charge is 2.21. The van der Waals surface area contributed by atoms with E-state index in [0.29, 0.717) is 22.9 Å². The van der Waals surface area contributed by atoms with Crippen molar-refractivity contribution in [3.8, 4) is 16.5 Å². The van der Waals surface area contributed by atoms with Crippen molar-refractivity contribution in [2.45, 2.75) is 33.0 Å². The zero-order valence-electron chi connectivity index (χ0n) is 19.3. The van der Waals surface area contributed by atoms with Gasteiger partial charge in [0.2, 0.25) is 5.88 Å². The molecule has 178 valence electrons. The molecule has 11 heteroatoms. The monoisotopic (exact) mass is 481 g/mol. The maximum Gasteiger partial charge on any atom is 0.326 e. The molecule has 0 spiro atoms. The second-order valence-electron chi connectivity index (χ2n) is 8.63. The minimum absolute atomic E-state index is 0.213. The van der Waals surface area contributed by atoms with Crippen molar-refractivity contribution in [2.75, 3.05) is 26.2 Å². The van der Waals surface area contributed by atoms with Gasteiger partial charge in [0.25, 0.3) is 0 Å². The number of H-pyrrole nitrogens is 2. The van der Waals surface area contributed by atoms with Crippen molar-refractivity contribution < 1.29 is 9.84 Å². The molecule has 34 heavy (non-hydrogen) atoms. The van der Waals surface area contributed by atoms with Gasteiger partial charge in [-0.15, -0.1) is 11.3 Å². The first-order valence-electron chi connectivity index (χ1n) is 11.2. The van der Waals surface area contributed by atoms with E-state index in [1.807, 2.05) is 12.1 Å². The summed E-state index contributed by atoms with van der Waals surface area (Å²) in [6.45, 7) is 9.48. The highest BCUT2D eigenvalue weighted by Crippen LogP contribution is 2.25. The van der Waals surface area contributed by atoms with E-state index in [9.17, 15) is 9.90 Å². The van der Waals surface area contributed by atoms with Gasteiger partial charge >= 0.3 is 5.69 Å². The molecule has 0 amide bonds. The maximum atomic E-state index is 11.5. The first-order valence-corrected chi connectivity index (χ1v) is 12.0. The maximum absolute atomic E-state index is 11.5. The standard InChI is InChI=1S/C23H27N7O3S/c1-13-11-29(12-14(2)33-13)7-6-24-20-9-17(19-5-4-15(3)34-19)26-21-16(10-25-30(20)21)8-18-22(31)28-23(32)27-18/h4-5,8-10,13-14,31H,6-7,11-12H2,1-3H3,(H2,27,28,32)/b16-8-,24-20?. The average molecular weight is 482 g/mol. The van der Waals surface area contributed by atoms with Crippen LogP contribution in [0.5, 0.6) is 5.88 Å². The van der Waals surface area contributed by atoms with E-state index in [-0.39, 0.29) is 23.8 Å². The second kappa shape index (κ2) is 9.16. The van der Waals surface area contributed by atoms with Crippen LogP contribution in [0.4, 0.5) is 0 Å². The van der Waals surface area contributed by atoms with Crippen molar-refractivity contribution in [3.05, 3.63) is 56.2 Å². The number of hydrogen-bond donors (Lipinski definition) is 3. The fraction of sp³-hybridized carbons (Fsp3) is 0.391. The van der Waals surface area contributed by atoms with E-state index in [2.05, 4.69) is 46.8 Å². The van der Waals surface area contributed by atoms with E-state index < -0.39 is 5.69 Å². The summed E-state index contributed by atoms with van der Waals surface area (Å²) in [5, 5.41) is 15.1. The predicted molar refractivity (Wildman–Crippen MR) is 130 cm³/mol. The summed E-state index contributed by atoms with van der Waals surface area (Å²) in [5.74, 6) is -0.228. The van der Waals surface area contributed by atoms with Gasteiger partial charge in [0.1, 0.15) is 5.69 Å². The number of imidazole rings is 1. The number of morpholine rings is 1. The van der Waals surface area contributed by atoms with E-state index in [0.717, 1.165) is 30.2 Å². The lowest BCUT2D eigenvalue weighted by molar-refractivity contribution is -0.0669. The molecule has 5 heterocycles. The lowest BCUT2D eigenvalue weighted by atomic mass is 10.2. The topological polar surface area (TPSA) is 124 Å². The van der Waals surface area contributed by atoms with Crippen LogP contribution in [-0.4, -0.2) is 73.0 Å². The normalized spacial score (nSPS) is 20.6. The molecule has 10 nitrogen and oxygen atoms in total. The van der Waals surface area contributed by atoms with Crippen LogP contribution < -0.4 is 16.4 Å². The summed E-state index contributed by atoms with van der Waals surface area (Å²) in [5.41, 5.74) is 1.89. The molecule has 1 saturated heterocycles. The molecule has 0 aromatic carbocycles. The van der Waals surface area contributed by atoms with E-state index in [1.165, 1.54) is 4.88 Å². The average Bonchev–Trinajstić information content (AvgIpc) is 3.46. The quantitative estimate of drug-likeness (QED) is 0.391. The van der Waals surface area contributed by atoms with Gasteiger partial charge in [0, 0.05) is 35.8 Å². The molecule has 5 rings (SSSR count). The molecule has 0 bridgehead atoms. The van der Waals surface area contributed by atoms with E-state index in [1.54, 1.807) is 28.1 Å². The molecule has 4 aromatic rings. The van der Waals surface area contributed by atoms with Gasteiger partial charge < -0.3 is 14.8 Å². The van der Waals surface area contributed by atoms with Gasteiger partial charge in [-0.2, -0.15) is 9.61 Å². The Kier molecular flexibility index (Phi) is 6.07. The summed E-state index contributed by atoms with van der Waals surface area (Å²) in [6, 6.07) is 6.07. The molecule has 3 N–H and O–H groups in total. The van der Waals surface area contributed by atoms with Gasteiger partial charge in [-0.3, -0.25) is 14.9 Å². The summed E-state index contributed by atoms with van der Waals surface area (Å²) in [6.07, 6.45) is 3.73. The molecule has 0 radical (unpaired) electrons. The highest BCUT2D eigenvalue weighted by molar-refractivity contribution is 7.15. The third-order valence-electron chi connectivity index (χ3n) is 5.69. The molecule has 2 atom stereocenters. The van der Waals surface area contributed by atoms with Gasteiger partial charge in [-0.25, -0.2) is 9.78 Å². The van der Waals surface area contributed by atoms with Crippen molar-refractivity contribution >= 4 is 23.1 Å². The molecule has 2 unspecified atom stereocenters. The molecular formula is C23H27N7O3S. The van der Waals surface area contributed by atoms with Crippen LogP contribution in [0.1, 0.15) is 24.4 Å². The lowest BCUT2D eigenvalue weighted by Crippen LogP contribution is -2.46. The fourth-order valence-corrected chi connectivity index (χ4v) is 5.13. The Hall–Kier alpha value is -3.28. The number of nitrogens with one attached hydrogen (secondary N) is 2. The van der Waals surface area contributed by atoms with Crippen molar-refractivity contribution in [2.24, 2.45) is 4.99 Å². The number of thiophene rings is 1. The SMILES string of the molecule is Cc1ccc(-c2cc(=NCCN3CC(C)OC(C)C3)n3nc/c(=C/c4[nH]c(=O)[nH]c4O)c3n2)s1. The van der Waals surface area contributed by atoms with Crippen molar-refractivity contribution in [3.63, 3.8) is 0 Å². The predicted octanol–water partition coefficient (Wildman–Crippen LogP) is 1.05. The van der Waals surface area contributed by atoms with Crippen LogP contribution in [0, 0.1) is 6.92 Å². The Morgan fingerprint density at radius 2 is 2.09 bits per heavy atom. The van der Waals surface area contributed by atoms with Gasteiger partial charge in [-0.1, -0.05) is 0 Å². The lowest BCUT2D eigenvalue weighted by Gasteiger charge is -2.34. The van der Waals surface area contributed by atoms with Gasteiger partial charge in [0.05, 0.1) is 35.5 Å². The molecule has 0 saturated carbocycles. The minimum Gasteiger partial charge on any atom is -0.493 e. The summed E-state index contributed by atoms with van der Waals surface area (Å²) in [4.78, 5) is 30.7. The number of fused-ring (bicyclic) bond motifs is 1. The molecule has 1 aliphatic heterocycles. The number of aromatic amines is 2. The Morgan fingerprint density at radius 1 is 1.29 bits per heavy atom. The summed E-state index contributed by atoms with van der Waals surface area (Å²) < 4.78 is 7.52. The first-order chi connectivity index (χ1) is 16.4. The third kappa shape index (κ3) is 4.67. The molecule has 1 fully saturated rings. The Labute approximate surface area is 199 Å². The van der Waals surface area contributed by atoms with Crippen LogP contribution in [0.25, 0.3) is 22.3 Å². The molecular weight excluding hydrogens is 454 g/mol. The largest absolute Gasteiger partial charge is 0.493 e. The number of ether oxygens (including phenoxy) is 1. The summed E-state index contributed by atoms with van der Waals surface area (Å²) in [7, 11) is 0. The number of hydrogen-bond acceptors (Lipinski definition) is 8. The smallest absolute Gasteiger partial charge is 0.326 e. The van der Waals surface area contributed by atoms with Gasteiger partial charge in [-0.05, 0) is 39.0 Å². The zero-order valence-corrected chi connectivity index (χ0v) is 20.1. The highest BCUT2D eigenvalue weighted by atomic mass is 32.1. The fourth-order valence-electron chi connectivity index (χ4n) is 4.30. The van der Waals surface area contributed by atoms with Crippen LogP contribution in [0.2, 0.25) is 0 Å². The Morgan fingerprint density at radius 3 is 2.76 bits per heavy atom. The molecule has 0 aliphatic carbocycles. The second-order valence-corrected chi connectivity index (χ2v) is 9.92. The summed E-state index contributed by atoms with van der Waals surface area (Å²) >= 11 is 1.66. The van der Waals surface area contributed by atoms with Crippen LogP contribution >= 0.6 is 11.3 Å². The number of aromatic hydroxyl groups is 1. The minimum atomic E-state index is -0.481. The Balaban J connectivity index is 1.56. The Bertz CT molecular complexity index is 1490. The zero-order chi connectivity index (χ0) is 23.8. The van der Waals surface area contributed by atoms with Crippen molar-refractivity contribution in [1.29, 1.82) is 0 Å². The van der Waals surface area contributed by atoms with Crippen molar-refractivity contribution in [1.82, 2.24) is 29.5 Å². The van der Waals surface area contributed by atoms with E-state index in [4.69, 9.17) is 14.7 Å². The number of rotatable bonds is 5. The van der Waals surface area contributed by atoms with Crippen LogP contribution in [0.15, 0.2) is 34.2 Å². The number of aromatic nitrogens is 5. The third-order valence-corrected chi connectivity index (χ3v) is 6.72. The molecule has 4 aromatic heterocycles. The first kappa shape index (κ1) is 22.5. The number of nitrogens with zero attached hydrogens (tertiary/aromatic N) is 5. The number of aryl methyl sites for hydroxylation is 1. The van der Waals surface area contributed by atoms with Crippen LogP contribution in [-0.2, 0) is 4.74 Å². The molecule has 1 aliphatic rings. The van der Waals surface area contributed by atoms with E-state index >= 15 is 0 Å². The van der Waals surface area contributed by atoms with Gasteiger partial charge in [0.15, 0.2) is 11.1 Å².